The number of hydrogen-bond acceptors (Lipinski definition) is 5. The predicted molar refractivity (Wildman–Crippen MR) is 166 cm³/mol. The first kappa shape index (κ1) is 27.6. The SMILES string of the molecule is CCN1C(=CC2=CC(=CC=CC=Cc3oc4ccccc4[n+]3CC)CC(C)(C)C2)Sc2ccc(SOC)cc21. The molecular formula is C33H37N2O2S2+. The van der Waals surface area contributed by atoms with E-state index in [0.717, 1.165) is 47.8 Å². The second kappa shape index (κ2) is 12.1. The Morgan fingerprint density at radius 3 is 2.74 bits per heavy atom. The van der Waals surface area contributed by atoms with Crippen molar-refractivity contribution in [2.24, 2.45) is 5.41 Å². The van der Waals surface area contributed by atoms with E-state index in [2.05, 4.69) is 104 Å². The Labute approximate surface area is 241 Å². The van der Waals surface area contributed by atoms with Crippen molar-refractivity contribution in [2.45, 2.75) is 56.9 Å². The van der Waals surface area contributed by atoms with Gasteiger partial charge in [0.15, 0.2) is 0 Å². The maximum Gasteiger partial charge on any atom is 0.374 e. The molecular weight excluding hydrogens is 521 g/mol. The van der Waals surface area contributed by atoms with Gasteiger partial charge in [0.2, 0.25) is 5.58 Å². The molecule has 0 N–H and O–H groups in total. The van der Waals surface area contributed by atoms with Gasteiger partial charge in [0, 0.05) is 34.4 Å². The van der Waals surface area contributed by atoms with Gasteiger partial charge in [0.1, 0.15) is 6.54 Å². The molecule has 0 radical (unpaired) electrons. The van der Waals surface area contributed by atoms with Gasteiger partial charge in [-0.3, -0.25) is 0 Å². The van der Waals surface area contributed by atoms with Crippen LogP contribution in [-0.4, -0.2) is 13.7 Å². The summed E-state index contributed by atoms with van der Waals surface area (Å²) in [6.45, 7) is 10.9. The number of aromatic nitrogens is 1. The zero-order valence-electron chi connectivity index (χ0n) is 23.4. The molecule has 0 amide bonds. The molecule has 5 rings (SSSR count). The van der Waals surface area contributed by atoms with Crippen LogP contribution in [0.15, 0.2) is 109 Å². The largest absolute Gasteiger partial charge is 0.398 e. The van der Waals surface area contributed by atoms with E-state index in [-0.39, 0.29) is 5.41 Å². The van der Waals surface area contributed by atoms with E-state index < -0.39 is 0 Å². The summed E-state index contributed by atoms with van der Waals surface area (Å²) in [5, 5.41) is 1.30. The highest BCUT2D eigenvalue weighted by Crippen LogP contribution is 2.48. The van der Waals surface area contributed by atoms with E-state index in [1.165, 1.54) is 38.8 Å². The number of hydrogen-bond donors (Lipinski definition) is 0. The highest BCUT2D eigenvalue weighted by atomic mass is 32.2. The Morgan fingerprint density at radius 1 is 1.10 bits per heavy atom. The van der Waals surface area contributed by atoms with E-state index in [9.17, 15) is 0 Å². The van der Waals surface area contributed by atoms with Crippen LogP contribution < -0.4 is 9.47 Å². The third kappa shape index (κ3) is 6.29. The number of benzene rings is 2. The lowest BCUT2D eigenvalue weighted by Gasteiger charge is -2.31. The Kier molecular flexibility index (Phi) is 8.55. The molecule has 0 bridgehead atoms. The number of thioether (sulfide) groups is 1. The molecule has 4 nitrogen and oxygen atoms in total. The van der Waals surface area contributed by atoms with Gasteiger partial charge in [-0.1, -0.05) is 68.1 Å². The molecule has 0 atom stereocenters. The van der Waals surface area contributed by atoms with Crippen molar-refractivity contribution in [3.8, 4) is 0 Å². The highest BCUT2D eigenvalue weighted by molar-refractivity contribution is 8.03. The van der Waals surface area contributed by atoms with Crippen molar-refractivity contribution in [3.63, 3.8) is 0 Å². The molecule has 1 aliphatic heterocycles. The lowest BCUT2D eigenvalue weighted by atomic mass is 9.75. The summed E-state index contributed by atoms with van der Waals surface area (Å²) in [5.41, 5.74) is 6.27. The van der Waals surface area contributed by atoms with Crippen molar-refractivity contribution in [1.82, 2.24) is 0 Å². The summed E-state index contributed by atoms with van der Waals surface area (Å²) in [5.74, 6) is 0.868. The average molecular weight is 558 g/mol. The second-order valence-electron chi connectivity index (χ2n) is 10.6. The topological polar surface area (TPSA) is 29.5 Å². The highest BCUT2D eigenvalue weighted by Gasteiger charge is 2.28. The van der Waals surface area contributed by atoms with Gasteiger partial charge in [-0.2, -0.15) is 4.57 Å². The van der Waals surface area contributed by atoms with Gasteiger partial charge >= 0.3 is 5.89 Å². The quantitative estimate of drug-likeness (QED) is 0.157. The van der Waals surface area contributed by atoms with Crippen molar-refractivity contribution >= 4 is 46.7 Å². The normalized spacial score (nSPS) is 19.2. The van der Waals surface area contributed by atoms with Crippen molar-refractivity contribution in [3.05, 3.63) is 101 Å². The lowest BCUT2D eigenvalue weighted by Crippen LogP contribution is -2.33. The molecule has 2 aliphatic rings. The van der Waals surface area contributed by atoms with Gasteiger partial charge in [0.05, 0.1) is 23.9 Å². The first-order chi connectivity index (χ1) is 18.9. The van der Waals surface area contributed by atoms with Gasteiger partial charge in [-0.15, -0.1) is 0 Å². The van der Waals surface area contributed by atoms with Crippen LogP contribution >= 0.6 is 23.8 Å². The average Bonchev–Trinajstić information content (AvgIpc) is 3.44. The zero-order chi connectivity index (χ0) is 27.4. The Balaban J connectivity index is 1.34. The van der Waals surface area contributed by atoms with Crippen molar-refractivity contribution in [2.75, 3.05) is 18.6 Å². The molecule has 0 fully saturated rings. The van der Waals surface area contributed by atoms with E-state index in [1.807, 2.05) is 30.0 Å². The van der Waals surface area contributed by atoms with Crippen LogP contribution in [0.5, 0.6) is 0 Å². The minimum Gasteiger partial charge on any atom is -0.398 e. The first-order valence-electron chi connectivity index (χ1n) is 13.6. The summed E-state index contributed by atoms with van der Waals surface area (Å²) in [7, 11) is 1.71. The number of rotatable bonds is 8. The van der Waals surface area contributed by atoms with E-state index >= 15 is 0 Å². The maximum atomic E-state index is 6.05. The molecule has 39 heavy (non-hydrogen) atoms. The molecule has 202 valence electrons. The molecule has 2 aromatic carbocycles. The number of nitrogens with zero attached hydrogens (tertiary/aromatic N) is 2. The summed E-state index contributed by atoms with van der Waals surface area (Å²) in [4.78, 5) is 4.85. The first-order valence-corrected chi connectivity index (χ1v) is 15.1. The zero-order valence-corrected chi connectivity index (χ0v) is 25.1. The number of allylic oxidation sites excluding steroid dienone is 8. The summed E-state index contributed by atoms with van der Waals surface area (Å²) < 4.78 is 13.5. The minimum atomic E-state index is 0.215. The molecule has 1 aliphatic carbocycles. The lowest BCUT2D eigenvalue weighted by molar-refractivity contribution is -0.674. The Morgan fingerprint density at radius 2 is 1.95 bits per heavy atom. The second-order valence-corrected chi connectivity index (χ2v) is 12.6. The van der Waals surface area contributed by atoms with Gasteiger partial charge in [-0.25, -0.2) is 0 Å². The molecule has 1 aromatic heterocycles. The molecule has 3 aromatic rings. The molecule has 0 saturated carbocycles. The third-order valence-electron chi connectivity index (χ3n) is 6.97. The van der Waals surface area contributed by atoms with Crippen LogP contribution in [0.2, 0.25) is 0 Å². The molecule has 6 heteroatoms. The molecule has 0 spiro atoms. The number of para-hydroxylation sites is 2. The fraction of sp³-hybridized carbons (Fsp3) is 0.303. The van der Waals surface area contributed by atoms with E-state index in [1.54, 1.807) is 7.11 Å². The van der Waals surface area contributed by atoms with Gasteiger partial charge in [-0.05, 0) is 73.6 Å². The molecule has 0 saturated heterocycles. The Hall–Kier alpha value is -2.93. The summed E-state index contributed by atoms with van der Waals surface area (Å²) in [6.07, 6.45) is 17.5. The van der Waals surface area contributed by atoms with Crippen molar-refractivity contribution in [1.29, 1.82) is 0 Å². The van der Waals surface area contributed by atoms with Crippen LogP contribution in [0.3, 0.4) is 0 Å². The van der Waals surface area contributed by atoms with Crippen molar-refractivity contribution < 1.29 is 13.2 Å². The van der Waals surface area contributed by atoms with E-state index in [4.69, 9.17) is 8.60 Å². The Bertz CT molecular complexity index is 1510. The minimum absolute atomic E-state index is 0.215. The van der Waals surface area contributed by atoms with Crippen LogP contribution in [0.4, 0.5) is 5.69 Å². The standard InChI is InChI=1S/C33H37N2O2S2/c1-6-34-27-14-11-12-15-29(27)37-31(34)16-10-8-9-13-24-19-25(23-33(3,4)22-24)20-32-35(7-2)28-21-26(39-36-5)17-18-30(28)38-32/h8-21H,6-7,22-23H2,1-5H3/q+1. The number of anilines is 1. The number of fused-ring (bicyclic) bond motifs is 2. The van der Waals surface area contributed by atoms with Crippen LogP contribution in [0, 0.1) is 5.41 Å². The fourth-order valence-corrected chi connectivity index (χ4v) is 7.07. The predicted octanol–water partition coefficient (Wildman–Crippen LogP) is 9.11. The molecule has 0 unspecified atom stereocenters. The van der Waals surface area contributed by atoms with Crippen LogP contribution in [0.1, 0.15) is 46.4 Å². The fourth-order valence-electron chi connectivity index (χ4n) is 5.41. The van der Waals surface area contributed by atoms with Gasteiger partial charge < -0.3 is 13.5 Å². The van der Waals surface area contributed by atoms with Crippen LogP contribution in [-0.2, 0) is 10.7 Å². The number of oxazole rings is 1. The van der Waals surface area contributed by atoms with Crippen LogP contribution in [0.25, 0.3) is 17.2 Å². The smallest absolute Gasteiger partial charge is 0.374 e. The monoisotopic (exact) mass is 557 g/mol. The van der Waals surface area contributed by atoms with Gasteiger partial charge in [0.25, 0.3) is 5.52 Å². The van der Waals surface area contributed by atoms with E-state index in [0.29, 0.717) is 0 Å². The number of aryl methyl sites for hydroxylation is 1. The summed E-state index contributed by atoms with van der Waals surface area (Å²) >= 11 is 3.27. The third-order valence-corrected chi connectivity index (χ3v) is 8.69. The molecule has 2 heterocycles. The summed E-state index contributed by atoms with van der Waals surface area (Å²) in [6, 6.07) is 14.8. The maximum absolute atomic E-state index is 6.05.